The lowest BCUT2D eigenvalue weighted by molar-refractivity contribution is -0.264. The van der Waals surface area contributed by atoms with Gasteiger partial charge in [-0.1, -0.05) is 18.7 Å². The number of aromatic hydroxyl groups is 1. The van der Waals surface area contributed by atoms with Crippen LogP contribution in [0.2, 0.25) is 0 Å². The average molecular weight is 430 g/mol. The molecule has 1 aliphatic rings. The van der Waals surface area contributed by atoms with Crippen LogP contribution in [0.15, 0.2) is 48.6 Å². The van der Waals surface area contributed by atoms with Gasteiger partial charge in [0.15, 0.2) is 17.4 Å². The molecular formula is C24H27FO6. The number of halogens is 1. The molecule has 7 heteroatoms. The molecular weight excluding hydrogens is 403 g/mol. The van der Waals surface area contributed by atoms with Gasteiger partial charge in [-0.2, -0.15) is 0 Å². The van der Waals surface area contributed by atoms with E-state index in [0.717, 1.165) is 0 Å². The maximum atomic E-state index is 13.8. The van der Waals surface area contributed by atoms with Crippen LogP contribution in [0.1, 0.15) is 26.3 Å². The number of hydrogen-bond acceptors (Lipinski definition) is 6. The molecule has 0 spiro atoms. The fourth-order valence-corrected chi connectivity index (χ4v) is 3.00. The summed E-state index contributed by atoms with van der Waals surface area (Å²) in [7, 11) is 0. The van der Waals surface area contributed by atoms with Gasteiger partial charge in [0.2, 0.25) is 0 Å². The summed E-state index contributed by atoms with van der Waals surface area (Å²) in [5, 5.41) is 9.43. The largest absolute Gasteiger partial charge is 0.505 e. The first-order valence-corrected chi connectivity index (χ1v) is 10.00. The van der Waals surface area contributed by atoms with Crippen LogP contribution in [-0.2, 0) is 25.6 Å². The molecule has 3 rings (SSSR count). The van der Waals surface area contributed by atoms with Gasteiger partial charge in [-0.25, -0.2) is 9.18 Å². The maximum absolute atomic E-state index is 13.8. The number of hydrogen-bond donors (Lipinski definition) is 1. The van der Waals surface area contributed by atoms with Crippen LogP contribution in [0, 0.1) is 11.7 Å². The van der Waals surface area contributed by atoms with Gasteiger partial charge in [0.25, 0.3) is 0 Å². The van der Waals surface area contributed by atoms with Crippen LogP contribution >= 0.6 is 0 Å². The third-order valence-electron chi connectivity index (χ3n) is 4.86. The summed E-state index contributed by atoms with van der Waals surface area (Å²) in [5.41, 5.74) is 2.18. The van der Waals surface area contributed by atoms with Crippen molar-refractivity contribution in [1.82, 2.24) is 0 Å². The maximum Gasteiger partial charge on any atom is 0.333 e. The topological polar surface area (TPSA) is 74.2 Å². The minimum absolute atomic E-state index is 0.0276. The Bertz CT molecular complexity index is 959. The summed E-state index contributed by atoms with van der Waals surface area (Å²) < 4.78 is 36.4. The van der Waals surface area contributed by atoms with E-state index in [-0.39, 0.29) is 12.5 Å². The number of carbonyl (C=O) groups is 1. The number of carbonyl (C=O) groups excluding carboxylic acids is 1. The normalized spacial score (nSPS) is 16.0. The first-order chi connectivity index (χ1) is 14.6. The summed E-state index contributed by atoms with van der Waals surface area (Å²) in [4.78, 5) is 11.9. The first-order valence-electron chi connectivity index (χ1n) is 10.00. The molecule has 0 aromatic heterocycles. The zero-order chi connectivity index (χ0) is 22.6. The Kier molecular flexibility index (Phi) is 6.97. The van der Waals surface area contributed by atoms with Gasteiger partial charge in [-0.05, 0) is 56.2 Å². The molecule has 0 atom stereocenters. The number of phenols is 1. The van der Waals surface area contributed by atoms with Gasteiger partial charge in [-0.3, -0.25) is 0 Å². The standard InChI is InChI=1S/C24H27FO6/c1-15(2)23(27)29-14-19-9-17(18-5-7-21(26)20(25)10-18)6-8-22(19)28-11-16-12-30-24(3,4)31-13-16/h5-10,16,26H,1,11-14H2,2-4H3. The van der Waals surface area contributed by atoms with Gasteiger partial charge >= 0.3 is 5.97 Å². The molecule has 1 aliphatic heterocycles. The number of phenolic OH excluding ortho intramolecular Hbond substituents is 1. The number of esters is 1. The second-order valence-corrected chi connectivity index (χ2v) is 8.04. The smallest absolute Gasteiger partial charge is 0.333 e. The van der Waals surface area contributed by atoms with E-state index in [0.29, 0.717) is 47.8 Å². The lowest BCUT2D eigenvalue weighted by atomic mass is 10.0. The van der Waals surface area contributed by atoms with Gasteiger partial charge in [0.05, 0.1) is 19.8 Å². The van der Waals surface area contributed by atoms with E-state index in [1.165, 1.54) is 12.1 Å². The molecule has 6 nitrogen and oxygen atoms in total. The summed E-state index contributed by atoms with van der Waals surface area (Å²) >= 11 is 0. The van der Waals surface area contributed by atoms with Crippen LogP contribution in [-0.4, -0.2) is 36.7 Å². The Balaban J connectivity index is 1.78. The van der Waals surface area contributed by atoms with Crippen molar-refractivity contribution < 1.29 is 33.2 Å². The Morgan fingerprint density at radius 2 is 1.84 bits per heavy atom. The Morgan fingerprint density at radius 1 is 1.19 bits per heavy atom. The van der Waals surface area contributed by atoms with Gasteiger partial charge in [-0.15, -0.1) is 0 Å². The van der Waals surface area contributed by atoms with Crippen LogP contribution in [0.5, 0.6) is 11.5 Å². The van der Waals surface area contributed by atoms with Gasteiger partial charge in [0, 0.05) is 17.1 Å². The Hall–Kier alpha value is -2.90. The summed E-state index contributed by atoms with van der Waals surface area (Å²) in [6.07, 6.45) is 0. The third-order valence-corrected chi connectivity index (χ3v) is 4.86. The Labute approximate surface area is 181 Å². The molecule has 2 aromatic carbocycles. The lowest BCUT2D eigenvalue weighted by Gasteiger charge is -2.34. The van der Waals surface area contributed by atoms with Crippen molar-refractivity contribution in [3.05, 3.63) is 59.9 Å². The van der Waals surface area contributed by atoms with Crippen LogP contribution in [0.3, 0.4) is 0 Å². The van der Waals surface area contributed by atoms with Crippen molar-refractivity contribution in [2.24, 2.45) is 5.92 Å². The number of rotatable bonds is 7. The van der Waals surface area contributed by atoms with Crippen molar-refractivity contribution in [2.75, 3.05) is 19.8 Å². The summed E-state index contributed by atoms with van der Waals surface area (Å²) in [5.74, 6) is -1.64. The minimum Gasteiger partial charge on any atom is -0.505 e. The molecule has 0 radical (unpaired) electrons. The van der Waals surface area contributed by atoms with Crippen molar-refractivity contribution in [1.29, 1.82) is 0 Å². The predicted molar refractivity (Wildman–Crippen MR) is 113 cm³/mol. The van der Waals surface area contributed by atoms with E-state index in [1.807, 2.05) is 13.8 Å². The fourth-order valence-electron chi connectivity index (χ4n) is 3.00. The van der Waals surface area contributed by atoms with Crippen LogP contribution in [0.25, 0.3) is 11.1 Å². The molecule has 0 saturated carbocycles. The molecule has 31 heavy (non-hydrogen) atoms. The molecule has 1 N–H and O–H groups in total. The molecule has 166 valence electrons. The van der Waals surface area contributed by atoms with E-state index in [9.17, 15) is 14.3 Å². The molecule has 0 aliphatic carbocycles. The van der Waals surface area contributed by atoms with E-state index < -0.39 is 23.3 Å². The quantitative estimate of drug-likeness (QED) is 0.511. The van der Waals surface area contributed by atoms with E-state index >= 15 is 0 Å². The predicted octanol–water partition coefficient (Wildman–Crippen LogP) is 4.60. The lowest BCUT2D eigenvalue weighted by Crippen LogP contribution is -2.41. The summed E-state index contributed by atoms with van der Waals surface area (Å²) in [6.45, 7) is 10.2. The highest BCUT2D eigenvalue weighted by molar-refractivity contribution is 5.87. The highest BCUT2D eigenvalue weighted by Crippen LogP contribution is 2.30. The van der Waals surface area contributed by atoms with Crippen LogP contribution in [0.4, 0.5) is 4.39 Å². The third kappa shape index (κ3) is 6.06. The van der Waals surface area contributed by atoms with Crippen molar-refractivity contribution in [3.8, 4) is 22.6 Å². The molecule has 1 saturated heterocycles. The first kappa shape index (κ1) is 22.8. The van der Waals surface area contributed by atoms with Crippen LogP contribution < -0.4 is 4.74 Å². The molecule has 0 bridgehead atoms. The highest BCUT2D eigenvalue weighted by atomic mass is 19.1. The van der Waals surface area contributed by atoms with Gasteiger partial charge in [0.1, 0.15) is 12.4 Å². The Morgan fingerprint density at radius 3 is 2.48 bits per heavy atom. The second kappa shape index (κ2) is 9.49. The molecule has 0 unspecified atom stereocenters. The van der Waals surface area contributed by atoms with Crippen molar-refractivity contribution >= 4 is 5.97 Å². The molecule has 1 fully saturated rings. The minimum atomic E-state index is -0.715. The van der Waals surface area contributed by atoms with E-state index in [2.05, 4.69) is 6.58 Å². The van der Waals surface area contributed by atoms with E-state index in [1.54, 1.807) is 31.2 Å². The zero-order valence-corrected chi connectivity index (χ0v) is 17.9. The average Bonchev–Trinajstić information content (AvgIpc) is 2.73. The zero-order valence-electron chi connectivity index (χ0n) is 17.9. The van der Waals surface area contributed by atoms with Gasteiger partial charge < -0.3 is 24.1 Å². The monoisotopic (exact) mass is 430 g/mol. The SMILES string of the molecule is C=C(C)C(=O)OCc1cc(-c2ccc(O)c(F)c2)ccc1OCC1COC(C)(C)OC1. The molecule has 2 aromatic rings. The van der Waals surface area contributed by atoms with E-state index in [4.69, 9.17) is 18.9 Å². The number of ether oxygens (including phenoxy) is 4. The molecule has 1 heterocycles. The van der Waals surface area contributed by atoms with Crippen molar-refractivity contribution in [3.63, 3.8) is 0 Å². The summed E-state index contributed by atoms with van der Waals surface area (Å²) in [6, 6.07) is 9.44. The number of benzene rings is 2. The van der Waals surface area contributed by atoms with Crippen molar-refractivity contribution in [2.45, 2.75) is 33.2 Å². The molecule has 0 amide bonds. The highest BCUT2D eigenvalue weighted by Gasteiger charge is 2.28. The fraction of sp³-hybridized carbons (Fsp3) is 0.375. The second-order valence-electron chi connectivity index (χ2n) is 8.04.